The van der Waals surface area contributed by atoms with Gasteiger partial charge in [0.05, 0.1) is 34.5 Å². The molecule has 2 aliphatic heterocycles. The third-order valence-corrected chi connectivity index (χ3v) is 11.3. The lowest BCUT2D eigenvalue weighted by Crippen LogP contribution is -2.53. The highest BCUT2D eigenvalue weighted by molar-refractivity contribution is 6.32. The maximum atomic E-state index is 15.3. The minimum Gasteiger partial charge on any atom is -0.507 e. The molecule has 1 N–H and O–H groups in total. The molecule has 4 amide bonds. The van der Waals surface area contributed by atoms with Crippen LogP contribution in [0, 0.1) is 30.6 Å². The third kappa shape index (κ3) is 4.20. The topological polar surface area (TPSA) is 95.0 Å². The SMILES string of the molecule is Cc1cccc(C2C3=CCC4C(=O)N(c5ccc(Cl)cc5)C(=O)C4C3CC3C(=O)N(c4cccc(Cl)c4)C(=O)C32c2ccccc2)c1O. The molecule has 7 nitrogen and oxygen atoms in total. The number of allylic oxidation sites excluding steroid dienone is 2. The van der Waals surface area contributed by atoms with Gasteiger partial charge in [0.25, 0.3) is 0 Å². The lowest BCUT2D eigenvalue weighted by atomic mass is 9.49. The molecule has 4 aromatic carbocycles. The van der Waals surface area contributed by atoms with Gasteiger partial charge in [-0.2, -0.15) is 0 Å². The Bertz CT molecular complexity index is 2060. The minimum atomic E-state index is -1.46. The summed E-state index contributed by atoms with van der Waals surface area (Å²) < 4.78 is 0. The Labute approximate surface area is 287 Å². The number of amides is 4. The van der Waals surface area contributed by atoms with E-state index in [1.54, 1.807) is 67.6 Å². The van der Waals surface area contributed by atoms with E-state index in [4.69, 9.17) is 23.2 Å². The van der Waals surface area contributed by atoms with Crippen LogP contribution in [0.1, 0.15) is 35.4 Å². The minimum absolute atomic E-state index is 0.0262. The number of nitrogens with zero attached hydrogens (tertiary/aromatic N) is 2. The van der Waals surface area contributed by atoms with Gasteiger partial charge in [-0.05, 0) is 79.3 Å². The molecule has 0 aromatic heterocycles. The molecule has 6 unspecified atom stereocenters. The summed E-state index contributed by atoms with van der Waals surface area (Å²) in [6, 6.07) is 27.9. The Balaban J connectivity index is 1.36. The molecule has 2 heterocycles. The smallest absolute Gasteiger partial charge is 0.246 e. The van der Waals surface area contributed by atoms with Gasteiger partial charge in [-0.1, -0.05) is 89.4 Å². The second kappa shape index (κ2) is 11.2. The zero-order chi connectivity index (χ0) is 33.5. The second-order valence-electron chi connectivity index (χ2n) is 13.1. The number of aryl methyl sites for hydroxylation is 1. The zero-order valence-corrected chi connectivity index (χ0v) is 27.4. The van der Waals surface area contributed by atoms with Gasteiger partial charge in [0.1, 0.15) is 5.75 Å². The van der Waals surface area contributed by atoms with E-state index in [1.807, 2.05) is 42.5 Å². The number of hydrogen-bond donors (Lipinski definition) is 1. The first kappa shape index (κ1) is 30.6. The van der Waals surface area contributed by atoms with E-state index in [1.165, 1.54) is 9.80 Å². The molecule has 8 rings (SSSR count). The molecular formula is C39H30Cl2N2O5. The Hall–Kier alpha value is -4.72. The number of aromatic hydroxyl groups is 1. The Kier molecular flexibility index (Phi) is 7.13. The fourth-order valence-electron chi connectivity index (χ4n) is 8.85. The van der Waals surface area contributed by atoms with Gasteiger partial charge in [-0.15, -0.1) is 0 Å². The van der Waals surface area contributed by atoms with Crippen molar-refractivity contribution in [3.63, 3.8) is 0 Å². The third-order valence-electron chi connectivity index (χ3n) is 10.8. The number of phenols is 1. The van der Waals surface area contributed by atoms with E-state index < -0.39 is 46.8 Å². The molecule has 0 radical (unpaired) electrons. The molecule has 4 aromatic rings. The number of carbonyl (C=O) groups excluding carboxylic acids is 4. The fraction of sp³-hybridized carbons (Fsp3) is 0.231. The number of fused-ring (bicyclic) bond motifs is 4. The summed E-state index contributed by atoms with van der Waals surface area (Å²) in [5.74, 6) is -5.09. The summed E-state index contributed by atoms with van der Waals surface area (Å²) in [7, 11) is 0. The molecule has 4 aliphatic rings. The van der Waals surface area contributed by atoms with Crippen molar-refractivity contribution < 1.29 is 24.3 Å². The number of halogens is 2. The van der Waals surface area contributed by atoms with E-state index >= 15 is 4.79 Å². The summed E-state index contributed by atoms with van der Waals surface area (Å²) in [4.78, 5) is 60.8. The second-order valence-corrected chi connectivity index (χ2v) is 14.0. The summed E-state index contributed by atoms with van der Waals surface area (Å²) in [6.45, 7) is 1.79. The first-order valence-electron chi connectivity index (χ1n) is 16.0. The van der Waals surface area contributed by atoms with Crippen LogP contribution in [0.25, 0.3) is 0 Å². The molecule has 2 aliphatic carbocycles. The summed E-state index contributed by atoms with van der Waals surface area (Å²) >= 11 is 12.5. The van der Waals surface area contributed by atoms with Gasteiger partial charge in [0.15, 0.2) is 0 Å². The highest BCUT2D eigenvalue weighted by atomic mass is 35.5. The average molecular weight is 678 g/mol. The Morgan fingerprint density at radius 3 is 2.19 bits per heavy atom. The van der Waals surface area contributed by atoms with Crippen molar-refractivity contribution in [2.75, 3.05) is 9.80 Å². The Morgan fingerprint density at radius 1 is 0.729 bits per heavy atom. The van der Waals surface area contributed by atoms with Crippen LogP contribution in [-0.2, 0) is 24.6 Å². The monoisotopic (exact) mass is 676 g/mol. The molecule has 0 spiro atoms. The Morgan fingerprint density at radius 2 is 1.46 bits per heavy atom. The van der Waals surface area contributed by atoms with Crippen LogP contribution in [-0.4, -0.2) is 28.7 Å². The van der Waals surface area contributed by atoms with Gasteiger partial charge < -0.3 is 5.11 Å². The first-order valence-corrected chi connectivity index (χ1v) is 16.7. The number of phenolic OH excluding ortho intramolecular Hbond substituents is 1. The number of imide groups is 2. The highest BCUT2D eigenvalue weighted by Gasteiger charge is 2.70. The molecular weight excluding hydrogens is 647 g/mol. The fourth-order valence-corrected chi connectivity index (χ4v) is 9.16. The van der Waals surface area contributed by atoms with Crippen LogP contribution >= 0.6 is 23.2 Å². The predicted octanol–water partition coefficient (Wildman–Crippen LogP) is 7.37. The van der Waals surface area contributed by atoms with Crippen LogP contribution in [0.15, 0.2) is 109 Å². The molecule has 2 saturated heterocycles. The molecule has 3 fully saturated rings. The van der Waals surface area contributed by atoms with Crippen molar-refractivity contribution in [3.8, 4) is 5.75 Å². The lowest BCUT2D eigenvalue weighted by Gasteiger charge is -2.50. The number of para-hydroxylation sites is 1. The van der Waals surface area contributed by atoms with Crippen LogP contribution in [0.5, 0.6) is 5.75 Å². The number of anilines is 2. The highest BCUT2D eigenvalue weighted by Crippen LogP contribution is 2.65. The zero-order valence-electron chi connectivity index (χ0n) is 25.8. The van der Waals surface area contributed by atoms with E-state index in [0.717, 1.165) is 5.57 Å². The number of hydrogen-bond acceptors (Lipinski definition) is 5. The molecule has 0 bridgehead atoms. The van der Waals surface area contributed by atoms with E-state index in [9.17, 15) is 19.5 Å². The first-order chi connectivity index (χ1) is 23.1. The predicted molar refractivity (Wildman–Crippen MR) is 183 cm³/mol. The molecule has 48 heavy (non-hydrogen) atoms. The number of carbonyl (C=O) groups is 4. The van der Waals surface area contributed by atoms with Crippen molar-refractivity contribution >= 4 is 58.2 Å². The van der Waals surface area contributed by atoms with E-state index in [0.29, 0.717) is 38.1 Å². The lowest BCUT2D eigenvalue weighted by molar-refractivity contribution is -0.127. The van der Waals surface area contributed by atoms with E-state index in [-0.39, 0.29) is 30.4 Å². The maximum absolute atomic E-state index is 15.3. The largest absolute Gasteiger partial charge is 0.507 e. The van der Waals surface area contributed by atoms with Gasteiger partial charge in [-0.3, -0.25) is 24.1 Å². The molecule has 9 heteroatoms. The van der Waals surface area contributed by atoms with E-state index in [2.05, 4.69) is 0 Å². The number of rotatable bonds is 4. The molecule has 1 saturated carbocycles. The molecule has 6 atom stereocenters. The van der Waals surface area contributed by atoms with Crippen molar-refractivity contribution in [2.24, 2.45) is 23.7 Å². The quantitative estimate of drug-likeness (QED) is 0.180. The summed E-state index contributed by atoms with van der Waals surface area (Å²) in [5.41, 5.74) is 1.87. The van der Waals surface area contributed by atoms with Crippen LogP contribution in [0.2, 0.25) is 10.0 Å². The van der Waals surface area contributed by atoms with Crippen molar-refractivity contribution in [1.82, 2.24) is 0 Å². The van der Waals surface area contributed by atoms with Gasteiger partial charge in [0, 0.05) is 21.5 Å². The van der Waals surface area contributed by atoms with Gasteiger partial charge in [0.2, 0.25) is 23.6 Å². The van der Waals surface area contributed by atoms with Crippen LogP contribution in [0.4, 0.5) is 11.4 Å². The van der Waals surface area contributed by atoms with Gasteiger partial charge in [-0.25, -0.2) is 4.90 Å². The van der Waals surface area contributed by atoms with Crippen molar-refractivity contribution in [3.05, 3.63) is 135 Å². The molecule has 240 valence electrons. The van der Waals surface area contributed by atoms with Crippen LogP contribution in [0.3, 0.4) is 0 Å². The van der Waals surface area contributed by atoms with Crippen molar-refractivity contribution in [2.45, 2.75) is 31.1 Å². The van der Waals surface area contributed by atoms with Crippen LogP contribution < -0.4 is 9.80 Å². The maximum Gasteiger partial charge on any atom is 0.246 e. The summed E-state index contributed by atoms with van der Waals surface area (Å²) in [6.07, 6.45) is 2.43. The standard InChI is InChI=1S/C39H30Cl2N2O5/c1-21-7-5-12-29(34(21)44)33-27-17-18-28-32(37(47)42(35(28)45)25-15-13-23(40)14-16-25)30(27)20-31-36(46)43(26-11-6-10-24(41)19-26)38(48)39(31,33)22-8-3-2-4-9-22/h2-17,19,28,30-33,44H,18,20H2,1H3. The summed E-state index contributed by atoms with van der Waals surface area (Å²) in [5, 5.41) is 12.6. The normalized spacial score (nSPS) is 27.9. The van der Waals surface area contributed by atoms with Gasteiger partial charge >= 0.3 is 0 Å². The average Bonchev–Trinajstić information content (AvgIpc) is 3.47. The number of benzene rings is 4. The van der Waals surface area contributed by atoms with Crippen molar-refractivity contribution in [1.29, 1.82) is 0 Å².